The molecule has 0 bridgehead atoms. The van der Waals surface area contributed by atoms with Crippen molar-refractivity contribution in [3.8, 4) is 0 Å². The highest BCUT2D eigenvalue weighted by atomic mass is 32.2. The first-order valence-corrected chi connectivity index (χ1v) is 19.6. The van der Waals surface area contributed by atoms with E-state index in [0.29, 0.717) is 26.4 Å². The van der Waals surface area contributed by atoms with E-state index in [-0.39, 0.29) is 18.4 Å². The molecule has 0 saturated carbocycles. The number of hydrogen-bond donors (Lipinski definition) is 2. The fourth-order valence-electron chi connectivity index (χ4n) is 3.38. The molecule has 1 aliphatic rings. The van der Waals surface area contributed by atoms with Gasteiger partial charge in [-0.05, 0) is 57.5 Å². The van der Waals surface area contributed by atoms with E-state index in [0.717, 1.165) is 59.4 Å². The van der Waals surface area contributed by atoms with Crippen molar-refractivity contribution in [3.63, 3.8) is 0 Å². The van der Waals surface area contributed by atoms with Gasteiger partial charge in [-0.2, -0.15) is 12.6 Å². The Balaban J connectivity index is 2.61. The van der Waals surface area contributed by atoms with E-state index in [9.17, 15) is 5.11 Å². The SMILES string of the molecule is CCN(CC)C(=S)SCCC[Si](C)(OCC(C)CO)OCC(C)CO[Si]1(CCCS)OC=C(C)CO1. The van der Waals surface area contributed by atoms with E-state index in [1.165, 1.54) is 0 Å². The number of aliphatic hydroxyl groups excluding tert-OH is 1. The van der Waals surface area contributed by atoms with Crippen LogP contribution in [0.1, 0.15) is 47.5 Å². The van der Waals surface area contributed by atoms with Gasteiger partial charge in [0, 0.05) is 63.1 Å². The number of nitrogens with zero attached hydrogens (tertiary/aromatic N) is 1. The molecule has 4 unspecified atom stereocenters. The summed E-state index contributed by atoms with van der Waals surface area (Å²) >= 11 is 11.6. The van der Waals surface area contributed by atoms with Crippen molar-refractivity contribution in [1.29, 1.82) is 0 Å². The first kappa shape index (κ1) is 34.4. The predicted octanol–water partition coefficient (Wildman–Crippen LogP) is 5.33. The van der Waals surface area contributed by atoms with Crippen molar-refractivity contribution >= 4 is 58.3 Å². The molecule has 212 valence electrons. The van der Waals surface area contributed by atoms with Crippen LogP contribution in [0.5, 0.6) is 0 Å². The van der Waals surface area contributed by atoms with Crippen LogP contribution in [-0.4, -0.2) is 89.3 Å². The lowest BCUT2D eigenvalue weighted by Gasteiger charge is -2.33. The first-order valence-electron chi connectivity index (χ1n) is 13.1. The number of thiocarbonyl (C=S) groups is 1. The van der Waals surface area contributed by atoms with Gasteiger partial charge in [0.25, 0.3) is 0 Å². The van der Waals surface area contributed by atoms with Gasteiger partial charge in [-0.15, -0.1) is 0 Å². The lowest BCUT2D eigenvalue weighted by atomic mass is 10.2. The first-order chi connectivity index (χ1) is 17.1. The van der Waals surface area contributed by atoms with Crippen LogP contribution in [0, 0.1) is 11.8 Å². The lowest BCUT2D eigenvalue weighted by molar-refractivity contribution is 0.0564. The van der Waals surface area contributed by atoms with E-state index >= 15 is 0 Å². The van der Waals surface area contributed by atoms with Crippen molar-refractivity contribution < 1.29 is 27.2 Å². The number of rotatable bonds is 19. The quantitative estimate of drug-likeness (QED) is 0.0887. The van der Waals surface area contributed by atoms with E-state index in [1.54, 1.807) is 18.0 Å². The lowest BCUT2D eigenvalue weighted by Crippen LogP contribution is -2.48. The zero-order chi connectivity index (χ0) is 27.0. The minimum Gasteiger partial charge on any atom is -0.507 e. The third-order valence-corrected chi connectivity index (χ3v) is 13.2. The Labute approximate surface area is 237 Å². The van der Waals surface area contributed by atoms with Gasteiger partial charge in [-0.3, -0.25) is 0 Å². The third kappa shape index (κ3) is 13.4. The molecule has 0 amide bonds. The number of thioether (sulfide) groups is 1. The highest BCUT2D eigenvalue weighted by Gasteiger charge is 2.44. The highest BCUT2D eigenvalue weighted by Crippen LogP contribution is 2.26. The summed E-state index contributed by atoms with van der Waals surface area (Å²) in [5.41, 5.74) is 1.07. The normalized spacial score (nSPS) is 21.3. The highest BCUT2D eigenvalue weighted by molar-refractivity contribution is 8.22. The van der Waals surface area contributed by atoms with Gasteiger partial charge in [0.15, 0.2) is 0 Å². The van der Waals surface area contributed by atoms with Crippen molar-refractivity contribution in [1.82, 2.24) is 4.90 Å². The van der Waals surface area contributed by atoms with Gasteiger partial charge in [0.2, 0.25) is 0 Å². The zero-order valence-corrected chi connectivity index (χ0v) is 27.7. The van der Waals surface area contributed by atoms with Gasteiger partial charge in [0.1, 0.15) is 4.32 Å². The van der Waals surface area contributed by atoms with Crippen molar-refractivity contribution in [2.24, 2.45) is 11.8 Å². The molecule has 1 N–H and O–H groups in total. The topological polar surface area (TPSA) is 69.6 Å². The Morgan fingerprint density at radius 2 is 1.89 bits per heavy atom. The molecule has 0 radical (unpaired) electrons. The van der Waals surface area contributed by atoms with Crippen LogP contribution in [0.2, 0.25) is 18.6 Å². The summed E-state index contributed by atoms with van der Waals surface area (Å²) in [7, 11) is -5.15. The minimum atomic E-state index is -2.72. The van der Waals surface area contributed by atoms with Gasteiger partial charge < -0.3 is 32.1 Å². The van der Waals surface area contributed by atoms with Crippen molar-refractivity contribution in [3.05, 3.63) is 11.8 Å². The van der Waals surface area contributed by atoms with Crippen LogP contribution in [-0.2, 0) is 22.1 Å². The maximum atomic E-state index is 9.45. The Hall–Kier alpha value is 0.364. The van der Waals surface area contributed by atoms with E-state index in [1.807, 2.05) is 13.8 Å². The molecule has 0 fully saturated rings. The molecule has 0 aliphatic carbocycles. The molecule has 4 atom stereocenters. The Bertz CT molecular complexity index is 661. The Morgan fingerprint density at radius 1 is 1.22 bits per heavy atom. The second kappa shape index (κ2) is 18.6. The van der Waals surface area contributed by atoms with Crippen LogP contribution in [0.15, 0.2) is 11.8 Å². The van der Waals surface area contributed by atoms with Crippen LogP contribution >= 0.6 is 36.6 Å². The summed E-state index contributed by atoms with van der Waals surface area (Å²) in [4.78, 5) is 2.21. The molecule has 36 heavy (non-hydrogen) atoms. The Morgan fingerprint density at radius 3 is 2.44 bits per heavy atom. The average Bonchev–Trinajstić information content (AvgIpc) is 2.88. The molecule has 0 spiro atoms. The second-order valence-electron chi connectivity index (χ2n) is 9.73. The largest absolute Gasteiger partial charge is 0.565 e. The van der Waals surface area contributed by atoms with Gasteiger partial charge in [-0.1, -0.05) is 37.8 Å². The molecular weight excluding hydrogens is 551 g/mol. The van der Waals surface area contributed by atoms with Gasteiger partial charge in [-0.25, -0.2) is 0 Å². The van der Waals surface area contributed by atoms with E-state index < -0.39 is 17.4 Å². The average molecular weight is 600 g/mol. The van der Waals surface area contributed by atoms with Gasteiger partial charge in [0.05, 0.1) is 12.9 Å². The monoisotopic (exact) mass is 599 g/mol. The molecule has 0 aromatic heterocycles. The van der Waals surface area contributed by atoms with Crippen molar-refractivity contribution in [2.75, 3.05) is 57.6 Å². The standard InChI is InChI=1S/C24H49NO6S3Si2/c1-7-25(8-2)24(33)34-12-10-13-35(6,27-16-21(3)15-26)28-17-22(4)18-29-36(14-9-11-32)30-19-23(5)20-31-36/h19,21-22,26,32H,7-18,20H2,1-6H3. The summed E-state index contributed by atoms with van der Waals surface area (Å²) < 4.78 is 32.1. The minimum absolute atomic E-state index is 0.0839. The van der Waals surface area contributed by atoms with Crippen LogP contribution in [0.25, 0.3) is 0 Å². The molecule has 1 rings (SSSR count). The molecule has 0 aromatic carbocycles. The molecule has 12 heteroatoms. The summed E-state index contributed by atoms with van der Waals surface area (Å²) in [6.07, 6.45) is 3.66. The molecule has 1 heterocycles. The molecule has 0 aromatic rings. The zero-order valence-electron chi connectivity index (χ0n) is 23.1. The molecule has 7 nitrogen and oxygen atoms in total. The Kier molecular flexibility index (Phi) is 17.8. The fraction of sp³-hybridized carbons (Fsp3) is 0.875. The summed E-state index contributed by atoms with van der Waals surface area (Å²) in [5.74, 6) is 1.97. The fourth-order valence-corrected chi connectivity index (χ4v) is 10.6. The summed E-state index contributed by atoms with van der Waals surface area (Å²) in [6.45, 7) is 16.6. The van der Waals surface area contributed by atoms with E-state index in [2.05, 4.69) is 44.8 Å². The molecule has 0 saturated heterocycles. The van der Waals surface area contributed by atoms with Crippen molar-refractivity contribution in [2.45, 2.75) is 66.1 Å². The summed E-state index contributed by atoms with van der Waals surface area (Å²) in [5, 5.41) is 9.45. The smallest absolute Gasteiger partial charge is 0.507 e. The maximum absolute atomic E-state index is 9.45. The predicted molar refractivity (Wildman–Crippen MR) is 162 cm³/mol. The van der Waals surface area contributed by atoms with E-state index in [4.69, 9.17) is 34.3 Å². The van der Waals surface area contributed by atoms with Crippen LogP contribution in [0.3, 0.4) is 0 Å². The molecular formula is C24H49NO6S3Si2. The van der Waals surface area contributed by atoms with Crippen LogP contribution < -0.4 is 0 Å². The third-order valence-electron chi connectivity index (χ3n) is 5.87. The van der Waals surface area contributed by atoms with Crippen LogP contribution in [0.4, 0.5) is 0 Å². The maximum Gasteiger partial charge on any atom is 0.565 e. The molecule has 1 aliphatic heterocycles. The second-order valence-corrected chi connectivity index (χ2v) is 17.9. The number of thiol groups is 1. The van der Waals surface area contributed by atoms with Gasteiger partial charge >= 0.3 is 17.4 Å². The number of aliphatic hydroxyl groups is 1. The number of hydrogen-bond acceptors (Lipinski definition) is 9. The summed E-state index contributed by atoms with van der Waals surface area (Å²) in [6, 6.07) is 1.64.